The van der Waals surface area contributed by atoms with Crippen molar-refractivity contribution in [1.82, 2.24) is 0 Å². The van der Waals surface area contributed by atoms with Crippen LogP contribution >= 0.6 is 0 Å². The molecule has 0 saturated heterocycles. The van der Waals surface area contributed by atoms with Crippen LogP contribution in [0.3, 0.4) is 0 Å². The molecule has 5 heteroatoms. The molecule has 0 heterocycles. The third kappa shape index (κ3) is 7.60. The van der Waals surface area contributed by atoms with Crippen LogP contribution in [-0.2, 0) is 20.6 Å². The van der Waals surface area contributed by atoms with E-state index < -0.39 is 8.32 Å². The SMILES string of the molecule is CC/C=C(\COCc1ccc(OC)cc1)[C@@H](CC=O)O[Si](C)(C)C(C)(C)C. The van der Waals surface area contributed by atoms with E-state index in [2.05, 4.69) is 46.9 Å². The van der Waals surface area contributed by atoms with Crippen molar-refractivity contribution in [2.75, 3.05) is 13.7 Å². The molecule has 4 nitrogen and oxygen atoms in total. The van der Waals surface area contributed by atoms with E-state index in [9.17, 15) is 4.79 Å². The van der Waals surface area contributed by atoms with E-state index in [1.807, 2.05) is 24.3 Å². The maximum Gasteiger partial charge on any atom is 0.192 e. The van der Waals surface area contributed by atoms with Gasteiger partial charge in [0.1, 0.15) is 12.0 Å². The molecule has 0 N–H and O–H groups in total. The molecular weight excluding hydrogens is 356 g/mol. The Morgan fingerprint density at radius 3 is 2.30 bits per heavy atom. The fraction of sp³-hybridized carbons (Fsp3) is 0.591. The summed E-state index contributed by atoms with van der Waals surface area (Å²) >= 11 is 0. The Bertz CT molecular complexity index is 600. The van der Waals surface area contributed by atoms with Crippen molar-refractivity contribution in [3.63, 3.8) is 0 Å². The first-order chi connectivity index (χ1) is 12.6. The van der Waals surface area contributed by atoms with Gasteiger partial charge >= 0.3 is 0 Å². The lowest BCUT2D eigenvalue weighted by Gasteiger charge is -2.39. The molecule has 1 atom stereocenters. The lowest BCUT2D eigenvalue weighted by atomic mass is 10.1. The van der Waals surface area contributed by atoms with Gasteiger partial charge in [-0.15, -0.1) is 0 Å². The molecule has 0 spiro atoms. The number of rotatable bonds is 11. The Morgan fingerprint density at radius 2 is 1.81 bits per heavy atom. The molecule has 0 aliphatic rings. The summed E-state index contributed by atoms with van der Waals surface area (Å²) in [5.41, 5.74) is 2.15. The fourth-order valence-corrected chi connectivity index (χ4v) is 3.76. The summed E-state index contributed by atoms with van der Waals surface area (Å²) in [6, 6.07) is 7.85. The minimum atomic E-state index is -1.98. The van der Waals surface area contributed by atoms with Crippen molar-refractivity contribution in [2.24, 2.45) is 0 Å². The van der Waals surface area contributed by atoms with Crippen molar-refractivity contribution in [3.8, 4) is 5.75 Å². The van der Waals surface area contributed by atoms with Gasteiger partial charge in [0.15, 0.2) is 8.32 Å². The number of ether oxygens (including phenoxy) is 2. The third-order valence-electron chi connectivity index (χ3n) is 5.13. The summed E-state index contributed by atoms with van der Waals surface area (Å²) in [6.07, 6.45) is 4.13. The lowest BCUT2D eigenvalue weighted by molar-refractivity contribution is -0.109. The zero-order valence-electron chi connectivity index (χ0n) is 18.0. The molecule has 0 bridgehead atoms. The zero-order chi connectivity index (χ0) is 20.5. The van der Waals surface area contributed by atoms with E-state index in [1.165, 1.54) is 0 Å². The summed E-state index contributed by atoms with van der Waals surface area (Å²) in [4.78, 5) is 11.3. The van der Waals surface area contributed by atoms with E-state index in [1.54, 1.807) is 7.11 Å². The number of hydrogen-bond acceptors (Lipinski definition) is 4. The number of aldehydes is 1. The number of carbonyl (C=O) groups is 1. The number of carbonyl (C=O) groups excluding carboxylic acids is 1. The number of hydrogen-bond donors (Lipinski definition) is 0. The summed E-state index contributed by atoms with van der Waals surface area (Å²) in [6.45, 7) is 14.1. The standard InChI is InChI=1S/C22H36O4Si/c1-8-9-19(17-25-16-18-10-12-20(24-5)13-11-18)21(14-15-23)26-27(6,7)22(2,3)4/h9-13,15,21H,8,14,16-17H2,1-7H3/b19-9+/t21-/m1/s1. The first-order valence-electron chi connectivity index (χ1n) is 9.65. The van der Waals surface area contributed by atoms with Gasteiger partial charge in [-0.3, -0.25) is 0 Å². The molecule has 0 saturated carbocycles. The first-order valence-corrected chi connectivity index (χ1v) is 12.6. The second kappa shape index (κ2) is 10.8. The average molecular weight is 393 g/mol. The van der Waals surface area contributed by atoms with E-state index in [0.29, 0.717) is 19.6 Å². The van der Waals surface area contributed by atoms with E-state index >= 15 is 0 Å². The van der Waals surface area contributed by atoms with E-state index in [0.717, 1.165) is 29.6 Å². The highest BCUT2D eigenvalue weighted by atomic mass is 28.4. The van der Waals surface area contributed by atoms with Crippen LogP contribution in [0, 0.1) is 0 Å². The van der Waals surface area contributed by atoms with Gasteiger partial charge in [-0.1, -0.05) is 45.9 Å². The van der Waals surface area contributed by atoms with Crippen LogP contribution < -0.4 is 4.74 Å². The van der Waals surface area contributed by atoms with E-state index in [-0.39, 0.29) is 11.1 Å². The zero-order valence-corrected chi connectivity index (χ0v) is 19.0. The van der Waals surface area contributed by atoms with Gasteiger partial charge in [0.2, 0.25) is 0 Å². The highest BCUT2D eigenvalue weighted by Crippen LogP contribution is 2.38. The van der Waals surface area contributed by atoms with Gasteiger partial charge in [0, 0.05) is 6.42 Å². The highest BCUT2D eigenvalue weighted by molar-refractivity contribution is 6.74. The molecule has 0 unspecified atom stereocenters. The average Bonchev–Trinajstić information content (AvgIpc) is 2.60. The van der Waals surface area contributed by atoms with Gasteiger partial charge < -0.3 is 18.7 Å². The number of benzene rings is 1. The molecule has 0 aromatic heterocycles. The summed E-state index contributed by atoms with van der Waals surface area (Å²) < 4.78 is 17.7. The van der Waals surface area contributed by atoms with Gasteiger partial charge in [-0.25, -0.2) is 0 Å². The van der Waals surface area contributed by atoms with Crippen LogP contribution in [0.4, 0.5) is 0 Å². The van der Waals surface area contributed by atoms with Crippen LogP contribution in [0.15, 0.2) is 35.9 Å². The molecule has 0 fully saturated rings. The van der Waals surface area contributed by atoms with Gasteiger partial charge in [-0.05, 0) is 47.8 Å². The number of allylic oxidation sites excluding steroid dienone is 1. The Morgan fingerprint density at radius 1 is 1.19 bits per heavy atom. The maximum atomic E-state index is 11.3. The van der Waals surface area contributed by atoms with Crippen LogP contribution in [0.25, 0.3) is 0 Å². The second-order valence-electron chi connectivity index (χ2n) is 8.30. The Hall–Kier alpha value is -1.43. The molecule has 0 radical (unpaired) electrons. The molecule has 152 valence electrons. The normalized spacial score (nSPS) is 14.1. The van der Waals surface area contributed by atoms with Crippen LogP contribution in [0.5, 0.6) is 5.75 Å². The lowest BCUT2D eigenvalue weighted by Crippen LogP contribution is -2.44. The molecule has 0 amide bonds. The van der Waals surface area contributed by atoms with Crippen LogP contribution in [-0.4, -0.2) is 34.4 Å². The summed E-state index contributed by atoms with van der Waals surface area (Å²) in [5, 5.41) is 0.0927. The molecule has 0 aliphatic carbocycles. The maximum absolute atomic E-state index is 11.3. The molecular formula is C22H36O4Si. The molecule has 1 aromatic carbocycles. The van der Waals surface area contributed by atoms with E-state index in [4.69, 9.17) is 13.9 Å². The van der Waals surface area contributed by atoms with Crippen molar-refractivity contribution >= 4 is 14.6 Å². The largest absolute Gasteiger partial charge is 0.497 e. The smallest absolute Gasteiger partial charge is 0.192 e. The second-order valence-corrected chi connectivity index (χ2v) is 13.1. The van der Waals surface area contributed by atoms with Crippen molar-refractivity contribution in [3.05, 3.63) is 41.5 Å². The van der Waals surface area contributed by atoms with Crippen molar-refractivity contribution in [2.45, 2.75) is 71.4 Å². The summed E-state index contributed by atoms with van der Waals surface area (Å²) in [7, 11) is -0.324. The Labute approximate surface area is 166 Å². The van der Waals surface area contributed by atoms with Crippen molar-refractivity contribution < 1.29 is 18.7 Å². The fourth-order valence-electron chi connectivity index (χ4n) is 2.45. The minimum absolute atomic E-state index is 0.0927. The molecule has 27 heavy (non-hydrogen) atoms. The highest BCUT2D eigenvalue weighted by Gasteiger charge is 2.39. The molecule has 1 rings (SSSR count). The Kier molecular flexibility index (Phi) is 9.43. The topological polar surface area (TPSA) is 44.8 Å². The first kappa shape index (κ1) is 23.6. The van der Waals surface area contributed by atoms with Gasteiger partial charge in [0.25, 0.3) is 0 Å². The molecule has 1 aromatic rings. The minimum Gasteiger partial charge on any atom is -0.497 e. The summed E-state index contributed by atoms with van der Waals surface area (Å²) in [5.74, 6) is 0.833. The third-order valence-corrected chi connectivity index (χ3v) is 9.62. The monoisotopic (exact) mass is 392 g/mol. The quantitative estimate of drug-likeness (QED) is 0.282. The molecule has 0 aliphatic heterocycles. The number of methoxy groups -OCH3 is 1. The van der Waals surface area contributed by atoms with Crippen LogP contribution in [0.2, 0.25) is 18.1 Å². The predicted octanol–water partition coefficient (Wildman–Crippen LogP) is 5.53. The Balaban J connectivity index is 2.79. The van der Waals surface area contributed by atoms with Crippen LogP contribution in [0.1, 0.15) is 46.1 Å². The van der Waals surface area contributed by atoms with Gasteiger partial charge in [-0.2, -0.15) is 0 Å². The predicted molar refractivity (Wildman–Crippen MR) is 114 cm³/mol. The van der Waals surface area contributed by atoms with Gasteiger partial charge in [0.05, 0.1) is 26.4 Å². The van der Waals surface area contributed by atoms with Crippen molar-refractivity contribution in [1.29, 1.82) is 0 Å².